The van der Waals surface area contributed by atoms with Crippen molar-refractivity contribution >= 4 is 6.08 Å². The summed E-state index contributed by atoms with van der Waals surface area (Å²) in [6.07, 6.45) is -7.58. The summed E-state index contributed by atoms with van der Waals surface area (Å²) in [6.45, 7) is 1.80. The highest BCUT2D eigenvalue weighted by Gasteiger charge is 2.41. The molecule has 2 aromatic carbocycles. The number of benzene rings is 2. The molecule has 0 bridgehead atoms. The molecule has 2 aromatic rings. The Morgan fingerprint density at radius 1 is 0.792 bits per heavy atom. The van der Waals surface area contributed by atoms with Crippen LogP contribution in [0, 0.1) is 0 Å². The maximum atomic E-state index is 13.3. The van der Waals surface area contributed by atoms with Gasteiger partial charge in [-0.25, -0.2) is 0 Å². The molecule has 1 aliphatic carbocycles. The van der Waals surface area contributed by atoms with Crippen molar-refractivity contribution in [1.29, 1.82) is 0 Å². The van der Waals surface area contributed by atoms with Gasteiger partial charge in [-0.2, -0.15) is 26.3 Å². The van der Waals surface area contributed by atoms with E-state index in [0.29, 0.717) is 24.1 Å². The van der Waals surface area contributed by atoms with Crippen LogP contribution >= 0.6 is 0 Å². The molecule has 0 amide bonds. The monoisotopic (exact) mass is 342 g/mol. The normalized spacial score (nSPS) is 14.5. The first-order chi connectivity index (χ1) is 11.1. The van der Waals surface area contributed by atoms with E-state index in [2.05, 4.69) is 0 Å². The van der Waals surface area contributed by atoms with Crippen LogP contribution in [0.25, 0.3) is 17.2 Å². The largest absolute Gasteiger partial charge is 0.417 e. The van der Waals surface area contributed by atoms with Gasteiger partial charge in [0.1, 0.15) is 0 Å². The zero-order valence-electron chi connectivity index (χ0n) is 12.5. The van der Waals surface area contributed by atoms with Crippen molar-refractivity contribution in [2.45, 2.75) is 25.7 Å². The number of alkyl halides is 6. The van der Waals surface area contributed by atoms with Crippen molar-refractivity contribution in [3.8, 4) is 11.1 Å². The second kappa shape index (κ2) is 5.40. The van der Waals surface area contributed by atoms with Gasteiger partial charge in [0.15, 0.2) is 0 Å². The highest BCUT2D eigenvalue weighted by Crippen LogP contribution is 2.46. The third-order valence-electron chi connectivity index (χ3n) is 4.00. The highest BCUT2D eigenvalue weighted by atomic mass is 19.4. The lowest BCUT2D eigenvalue weighted by Gasteiger charge is -2.20. The zero-order valence-corrected chi connectivity index (χ0v) is 12.5. The van der Waals surface area contributed by atoms with Crippen LogP contribution in [0.5, 0.6) is 0 Å². The Kier molecular flexibility index (Phi) is 3.73. The van der Waals surface area contributed by atoms with E-state index in [-0.39, 0.29) is 5.56 Å². The molecule has 24 heavy (non-hydrogen) atoms. The molecule has 0 saturated heterocycles. The van der Waals surface area contributed by atoms with Crippen molar-refractivity contribution in [1.82, 2.24) is 0 Å². The molecule has 0 atom stereocenters. The van der Waals surface area contributed by atoms with Crippen molar-refractivity contribution < 1.29 is 26.3 Å². The number of hydrogen-bond acceptors (Lipinski definition) is 0. The van der Waals surface area contributed by atoms with Gasteiger partial charge < -0.3 is 0 Å². The molecule has 3 rings (SSSR count). The Balaban J connectivity index is 2.39. The van der Waals surface area contributed by atoms with Gasteiger partial charge >= 0.3 is 12.4 Å². The molecule has 0 fully saturated rings. The lowest BCUT2D eigenvalue weighted by atomic mass is 9.89. The first-order valence-electron chi connectivity index (χ1n) is 7.16. The van der Waals surface area contributed by atoms with E-state index in [4.69, 9.17) is 0 Å². The minimum Gasteiger partial charge on any atom is -0.166 e. The van der Waals surface area contributed by atoms with Gasteiger partial charge in [-0.3, -0.25) is 0 Å². The minimum absolute atomic E-state index is 0.0374. The molecule has 0 radical (unpaired) electrons. The van der Waals surface area contributed by atoms with Crippen molar-refractivity contribution in [2.24, 2.45) is 0 Å². The van der Waals surface area contributed by atoms with Crippen molar-refractivity contribution in [2.75, 3.05) is 0 Å². The van der Waals surface area contributed by atoms with E-state index >= 15 is 0 Å². The summed E-state index contributed by atoms with van der Waals surface area (Å²) in [5.41, 5.74) is -1.33. The molecule has 0 aromatic heterocycles. The lowest BCUT2D eigenvalue weighted by Crippen LogP contribution is -2.14. The molecule has 0 unspecified atom stereocenters. The van der Waals surface area contributed by atoms with Crippen LogP contribution in [0.15, 0.2) is 42.0 Å². The smallest absolute Gasteiger partial charge is 0.166 e. The summed E-state index contributed by atoms with van der Waals surface area (Å²) in [4.78, 5) is 0. The number of allylic oxidation sites excluding steroid dienone is 1. The lowest BCUT2D eigenvalue weighted by molar-refractivity contribution is -0.142. The van der Waals surface area contributed by atoms with Crippen LogP contribution in [-0.4, -0.2) is 0 Å². The van der Waals surface area contributed by atoms with Crippen LogP contribution < -0.4 is 0 Å². The van der Waals surface area contributed by atoms with E-state index in [1.165, 1.54) is 12.1 Å². The zero-order chi connectivity index (χ0) is 17.7. The summed E-state index contributed by atoms with van der Waals surface area (Å²) in [5.74, 6) is 0. The molecule has 1 aliphatic rings. The van der Waals surface area contributed by atoms with E-state index in [1.807, 2.05) is 0 Å². The van der Waals surface area contributed by atoms with Crippen LogP contribution in [0.4, 0.5) is 26.3 Å². The molecule has 0 heterocycles. The maximum absolute atomic E-state index is 13.3. The van der Waals surface area contributed by atoms with Crippen LogP contribution in [0.2, 0.25) is 0 Å². The SMILES string of the molecule is CC1=Cc2c(cccc2-c2c(C(F)(F)F)cccc2C(F)(F)F)C1. The summed E-state index contributed by atoms with van der Waals surface area (Å²) < 4.78 is 80.1. The Bertz CT molecular complexity index is 792. The van der Waals surface area contributed by atoms with Gasteiger partial charge in [-0.05, 0) is 42.2 Å². The summed E-state index contributed by atoms with van der Waals surface area (Å²) in [5, 5.41) is 0. The summed E-state index contributed by atoms with van der Waals surface area (Å²) in [6, 6.07) is 6.70. The fourth-order valence-electron chi connectivity index (χ4n) is 3.07. The second-order valence-electron chi connectivity index (χ2n) is 5.77. The summed E-state index contributed by atoms with van der Waals surface area (Å²) in [7, 11) is 0. The van der Waals surface area contributed by atoms with Gasteiger partial charge in [0, 0.05) is 5.56 Å². The van der Waals surface area contributed by atoms with Crippen molar-refractivity contribution in [3.63, 3.8) is 0 Å². The second-order valence-corrected chi connectivity index (χ2v) is 5.77. The van der Waals surface area contributed by atoms with E-state index in [1.54, 1.807) is 19.1 Å². The number of halogens is 6. The minimum atomic E-state index is -4.88. The molecule has 0 saturated carbocycles. The number of fused-ring (bicyclic) bond motifs is 1. The molecule has 6 heteroatoms. The van der Waals surface area contributed by atoms with Gasteiger partial charge in [-0.15, -0.1) is 0 Å². The van der Waals surface area contributed by atoms with Crippen LogP contribution in [-0.2, 0) is 18.8 Å². The molecular weight excluding hydrogens is 330 g/mol. The standard InChI is InChI=1S/C18H12F6/c1-10-8-11-4-2-5-12(13(11)9-10)16-14(17(19,20)21)6-3-7-15(16)18(22,23)24/h2-7,9H,8H2,1H3. The van der Waals surface area contributed by atoms with E-state index < -0.39 is 29.0 Å². The third-order valence-corrected chi connectivity index (χ3v) is 4.00. The first kappa shape index (κ1) is 16.6. The van der Waals surface area contributed by atoms with Gasteiger partial charge in [0.2, 0.25) is 0 Å². The fraction of sp³-hybridized carbons (Fsp3) is 0.222. The van der Waals surface area contributed by atoms with Gasteiger partial charge in [-0.1, -0.05) is 35.9 Å². The summed E-state index contributed by atoms with van der Waals surface area (Å²) >= 11 is 0. The first-order valence-corrected chi connectivity index (χ1v) is 7.16. The quantitative estimate of drug-likeness (QED) is 0.530. The molecule has 0 N–H and O–H groups in total. The van der Waals surface area contributed by atoms with E-state index in [0.717, 1.165) is 17.2 Å². The predicted octanol–water partition coefficient (Wildman–Crippen LogP) is 6.35. The van der Waals surface area contributed by atoms with Crippen LogP contribution in [0.3, 0.4) is 0 Å². The van der Waals surface area contributed by atoms with E-state index in [9.17, 15) is 26.3 Å². The molecule has 0 spiro atoms. The molecule has 0 aliphatic heterocycles. The van der Waals surface area contributed by atoms with Crippen LogP contribution in [0.1, 0.15) is 29.2 Å². The van der Waals surface area contributed by atoms with Gasteiger partial charge in [0.05, 0.1) is 11.1 Å². The Labute approximate surface area is 134 Å². The topological polar surface area (TPSA) is 0 Å². The Morgan fingerprint density at radius 3 is 1.88 bits per heavy atom. The maximum Gasteiger partial charge on any atom is 0.417 e. The Morgan fingerprint density at radius 2 is 1.33 bits per heavy atom. The third kappa shape index (κ3) is 2.81. The van der Waals surface area contributed by atoms with Crippen molar-refractivity contribution in [3.05, 3.63) is 64.2 Å². The average Bonchev–Trinajstić information content (AvgIpc) is 2.84. The average molecular weight is 342 g/mol. The molecule has 0 nitrogen and oxygen atoms in total. The highest BCUT2D eigenvalue weighted by molar-refractivity contribution is 5.84. The molecular formula is C18H12F6. The fourth-order valence-corrected chi connectivity index (χ4v) is 3.07. The Hall–Kier alpha value is -2.24. The predicted molar refractivity (Wildman–Crippen MR) is 79.2 cm³/mol. The number of hydrogen-bond donors (Lipinski definition) is 0. The van der Waals surface area contributed by atoms with Gasteiger partial charge in [0.25, 0.3) is 0 Å². The molecule has 126 valence electrons. The number of rotatable bonds is 1.